The molecule has 2 aliphatic heterocycles. The third kappa shape index (κ3) is 4.65. The first-order valence-electron chi connectivity index (χ1n) is 12.5. The van der Waals surface area contributed by atoms with Crippen LogP contribution in [-0.4, -0.2) is 88.3 Å². The number of carbonyl (C=O) groups is 4. The molecule has 0 atom stereocenters. The Kier molecular flexibility index (Phi) is 6.69. The van der Waals surface area contributed by atoms with Crippen LogP contribution in [-0.2, 0) is 6.42 Å². The summed E-state index contributed by atoms with van der Waals surface area (Å²) in [4.78, 5) is 54.8. The Hall–Kier alpha value is -4.87. The minimum absolute atomic E-state index is 0.0638. The quantitative estimate of drug-likeness (QED) is 0.509. The second-order valence-corrected chi connectivity index (χ2v) is 9.42. The first-order valence-corrected chi connectivity index (χ1v) is 12.5. The molecule has 1 aromatic heterocycles. The number of nitrogens with zero attached hydrogens (tertiary/aromatic N) is 5. The zero-order valence-electron chi connectivity index (χ0n) is 21.6. The number of rotatable bonds is 5. The summed E-state index contributed by atoms with van der Waals surface area (Å²) >= 11 is 0. The lowest BCUT2D eigenvalue weighted by atomic mass is 10.0. The molecule has 2 aromatic carbocycles. The number of hydrogen-bond acceptors (Lipinski definition) is 6. The fourth-order valence-electron chi connectivity index (χ4n) is 5.04. The SMILES string of the molecule is COc1ccc(-n2nc(C(N)=O)c3c2C(=O)N(c2ccc(C(=O)N4CCN(C(=O)O)CC4)c(C)c2)CC3)cc1. The molecule has 4 amide bonds. The van der Waals surface area contributed by atoms with Crippen molar-refractivity contribution in [2.75, 3.05) is 44.7 Å². The number of piperazine rings is 1. The molecule has 0 spiro atoms. The van der Waals surface area contributed by atoms with Gasteiger partial charge in [-0.15, -0.1) is 0 Å². The van der Waals surface area contributed by atoms with Crippen LogP contribution in [0, 0.1) is 6.92 Å². The van der Waals surface area contributed by atoms with Gasteiger partial charge in [-0.2, -0.15) is 5.10 Å². The van der Waals surface area contributed by atoms with E-state index in [1.165, 1.54) is 9.58 Å². The first kappa shape index (κ1) is 25.8. The van der Waals surface area contributed by atoms with Gasteiger partial charge in [-0.3, -0.25) is 14.4 Å². The molecule has 1 saturated heterocycles. The molecule has 3 aromatic rings. The number of amides is 4. The van der Waals surface area contributed by atoms with Crippen LogP contribution in [0.5, 0.6) is 5.75 Å². The average Bonchev–Trinajstić information content (AvgIpc) is 3.34. The lowest BCUT2D eigenvalue weighted by Crippen LogP contribution is -2.50. The molecule has 12 nitrogen and oxygen atoms in total. The molecule has 0 aliphatic carbocycles. The van der Waals surface area contributed by atoms with Crippen molar-refractivity contribution < 1.29 is 29.0 Å². The highest BCUT2D eigenvalue weighted by Gasteiger charge is 2.35. The van der Waals surface area contributed by atoms with Crippen molar-refractivity contribution in [1.29, 1.82) is 0 Å². The summed E-state index contributed by atoms with van der Waals surface area (Å²) < 4.78 is 6.65. The Balaban J connectivity index is 1.43. The summed E-state index contributed by atoms with van der Waals surface area (Å²) in [6.45, 7) is 3.27. The topological polar surface area (TPSA) is 151 Å². The van der Waals surface area contributed by atoms with Crippen LogP contribution in [0.4, 0.5) is 10.5 Å². The van der Waals surface area contributed by atoms with E-state index in [-0.39, 0.29) is 36.3 Å². The van der Waals surface area contributed by atoms with E-state index in [9.17, 15) is 19.2 Å². The summed E-state index contributed by atoms with van der Waals surface area (Å²) in [5, 5.41) is 13.5. The standard InChI is InChI=1S/C27H28N6O6/c1-16-15-18(5-8-20(16)25(35)30-11-13-31(14-12-30)27(37)38)32-10-9-21-22(24(28)34)29-33(23(21)26(32)36)17-3-6-19(39-2)7-4-17/h3-8,15H,9-14H2,1-2H3,(H2,28,34)(H,37,38). The maximum absolute atomic E-state index is 13.8. The smallest absolute Gasteiger partial charge is 0.407 e. The number of carboxylic acid groups (broad SMARTS) is 1. The van der Waals surface area contributed by atoms with Gasteiger partial charge in [-0.25, -0.2) is 9.48 Å². The third-order valence-corrected chi connectivity index (χ3v) is 7.16. The zero-order valence-corrected chi connectivity index (χ0v) is 21.6. The Bertz CT molecular complexity index is 1470. The van der Waals surface area contributed by atoms with Gasteiger partial charge in [-0.05, 0) is 61.4 Å². The number of primary amides is 1. The Morgan fingerprint density at radius 3 is 2.18 bits per heavy atom. The van der Waals surface area contributed by atoms with Gasteiger partial charge < -0.3 is 30.3 Å². The van der Waals surface area contributed by atoms with Gasteiger partial charge in [-0.1, -0.05) is 0 Å². The van der Waals surface area contributed by atoms with Gasteiger partial charge in [0.15, 0.2) is 5.69 Å². The highest BCUT2D eigenvalue weighted by molar-refractivity contribution is 6.10. The Labute approximate surface area is 224 Å². The van der Waals surface area contributed by atoms with Crippen LogP contribution in [0.15, 0.2) is 42.5 Å². The molecule has 3 heterocycles. The maximum Gasteiger partial charge on any atom is 0.407 e. The number of hydrogen-bond donors (Lipinski definition) is 2. The fourth-order valence-corrected chi connectivity index (χ4v) is 5.04. The molecule has 2 aliphatic rings. The molecular formula is C27H28N6O6. The highest BCUT2D eigenvalue weighted by Crippen LogP contribution is 2.30. The highest BCUT2D eigenvalue weighted by atomic mass is 16.5. The van der Waals surface area contributed by atoms with E-state index in [0.29, 0.717) is 59.9 Å². The van der Waals surface area contributed by atoms with Crippen molar-refractivity contribution in [3.05, 3.63) is 70.5 Å². The van der Waals surface area contributed by atoms with Gasteiger partial charge in [0.2, 0.25) is 0 Å². The van der Waals surface area contributed by atoms with Crippen LogP contribution in [0.1, 0.15) is 42.5 Å². The molecule has 5 rings (SSSR count). The summed E-state index contributed by atoms with van der Waals surface area (Å²) in [6, 6.07) is 12.1. The van der Waals surface area contributed by atoms with Gasteiger partial charge in [0.1, 0.15) is 11.4 Å². The summed E-state index contributed by atoms with van der Waals surface area (Å²) in [5.41, 5.74) is 8.79. The van der Waals surface area contributed by atoms with E-state index in [2.05, 4.69) is 5.10 Å². The predicted octanol–water partition coefficient (Wildman–Crippen LogP) is 1.93. The zero-order chi connectivity index (χ0) is 27.8. The average molecular weight is 533 g/mol. The van der Waals surface area contributed by atoms with Crippen molar-refractivity contribution in [3.8, 4) is 11.4 Å². The number of fused-ring (bicyclic) bond motifs is 1. The Morgan fingerprint density at radius 2 is 1.59 bits per heavy atom. The summed E-state index contributed by atoms with van der Waals surface area (Å²) in [7, 11) is 1.55. The monoisotopic (exact) mass is 532 g/mol. The largest absolute Gasteiger partial charge is 0.497 e. The molecule has 0 saturated carbocycles. The van der Waals surface area contributed by atoms with Crippen molar-refractivity contribution in [2.24, 2.45) is 5.73 Å². The maximum atomic E-state index is 13.8. The van der Waals surface area contributed by atoms with E-state index in [4.69, 9.17) is 15.6 Å². The molecule has 39 heavy (non-hydrogen) atoms. The molecular weight excluding hydrogens is 504 g/mol. The molecule has 0 bridgehead atoms. The van der Waals surface area contributed by atoms with Crippen molar-refractivity contribution in [1.82, 2.24) is 19.6 Å². The van der Waals surface area contributed by atoms with Gasteiger partial charge >= 0.3 is 6.09 Å². The van der Waals surface area contributed by atoms with E-state index in [1.807, 2.05) is 0 Å². The number of methoxy groups -OCH3 is 1. The minimum atomic E-state index is -0.992. The van der Waals surface area contributed by atoms with Crippen molar-refractivity contribution in [3.63, 3.8) is 0 Å². The molecule has 12 heteroatoms. The van der Waals surface area contributed by atoms with E-state index >= 15 is 0 Å². The van der Waals surface area contributed by atoms with Crippen molar-refractivity contribution >= 4 is 29.5 Å². The summed E-state index contributed by atoms with van der Waals surface area (Å²) in [5.74, 6) is -0.588. The summed E-state index contributed by atoms with van der Waals surface area (Å²) in [6.07, 6.45) is -0.614. The lowest BCUT2D eigenvalue weighted by Gasteiger charge is -2.33. The van der Waals surface area contributed by atoms with Gasteiger partial charge in [0.05, 0.1) is 12.8 Å². The number of ether oxygens (including phenoxy) is 1. The Morgan fingerprint density at radius 1 is 0.949 bits per heavy atom. The van der Waals surface area contributed by atoms with Crippen molar-refractivity contribution in [2.45, 2.75) is 13.3 Å². The first-order chi connectivity index (χ1) is 18.7. The number of anilines is 1. The molecule has 202 valence electrons. The fraction of sp³-hybridized carbons (Fsp3) is 0.296. The van der Waals surface area contributed by atoms with E-state index in [1.54, 1.807) is 66.3 Å². The van der Waals surface area contributed by atoms with Crippen LogP contribution < -0.4 is 15.4 Å². The molecule has 0 radical (unpaired) electrons. The minimum Gasteiger partial charge on any atom is -0.497 e. The van der Waals surface area contributed by atoms with Crippen LogP contribution in [0.3, 0.4) is 0 Å². The molecule has 0 unspecified atom stereocenters. The van der Waals surface area contributed by atoms with E-state index in [0.717, 1.165) is 0 Å². The van der Waals surface area contributed by atoms with Crippen LogP contribution >= 0.6 is 0 Å². The third-order valence-electron chi connectivity index (χ3n) is 7.16. The van der Waals surface area contributed by atoms with E-state index < -0.39 is 12.0 Å². The second kappa shape index (κ2) is 10.1. The van der Waals surface area contributed by atoms with Crippen LogP contribution in [0.25, 0.3) is 5.69 Å². The second-order valence-electron chi connectivity index (χ2n) is 9.42. The molecule has 1 fully saturated rings. The number of nitrogens with two attached hydrogens (primary N) is 1. The van der Waals surface area contributed by atoms with Gasteiger partial charge in [0, 0.05) is 49.5 Å². The number of benzene rings is 2. The molecule has 3 N–H and O–H groups in total. The number of aromatic nitrogens is 2. The normalized spacial score (nSPS) is 15.2. The number of carbonyl (C=O) groups excluding carboxylic acids is 3. The van der Waals surface area contributed by atoms with Crippen LogP contribution in [0.2, 0.25) is 0 Å². The van der Waals surface area contributed by atoms with Gasteiger partial charge in [0.25, 0.3) is 17.7 Å². The number of aryl methyl sites for hydroxylation is 1. The predicted molar refractivity (Wildman–Crippen MR) is 141 cm³/mol. The lowest BCUT2D eigenvalue weighted by molar-refractivity contribution is 0.0624.